The second kappa shape index (κ2) is 14.7. The highest BCUT2D eigenvalue weighted by molar-refractivity contribution is 5.57. The molecule has 0 aromatic heterocycles. The van der Waals surface area contributed by atoms with Gasteiger partial charge in [-0.3, -0.25) is 0 Å². The van der Waals surface area contributed by atoms with Crippen LogP contribution in [-0.2, 0) is 54.9 Å². The fraction of sp³-hybridized carbons (Fsp3) is 0.265. The van der Waals surface area contributed by atoms with Gasteiger partial charge in [0.15, 0.2) is 12.6 Å². The summed E-state index contributed by atoms with van der Waals surface area (Å²) in [5.41, 5.74) is 3.98. The van der Waals surface area contributed by atoms with Crippen molar-refractivity contribution < 1.29 is 28.5 Å². The Hall–Kier alpha value is -3.65. The summed E-state index contributed by atoms with van der Waals surface area (Å²) in [5, 5.41) is 0. The molecule has 0 aliphatic carbocycles. The smallest absolute Gasteiger partial charge is 0.187 e. The van der Waals surface area contributed by atoms with Gasteiger partial charge in [-0.15, -0.1) is 0 Å². The van der Waals surface area contributed by atoms with Gasteiger partial charge in [-0.25, -0.2) is 0 Å². The number of carbonyl (C=O) groups is 1. The third-order valence-corrected chi connectivity index (χ3v) is 6.78. The largest absolute Gasteiger partial charge is 0.368 e. The van der Waals surface area contributed by atoms with Gasteiger partial charge in [0, 0.05) is 0 Å². The van der Waals surface area contributed by atoms with Crippen LogP contribution >= 0.6 is 0 Å². The predicted molar refractivity (Wildman–Crippen MR) is 151 cm³/mol. The van der Waals surface area contributed by atoms with Crippen molar-refractivity contribution in [2.24, 2.45) is 0 Å². The van der Waals surface area contributed by atoms with E-state index in [1.54, 1.807) is 0 Å². The Bertz CT molecular complexity index is 1270. The lowest BCUT2D eigenvalue weighted by Gasteiger charge is -2.44. The van der Waals surface area contributed by atoms with E-state index in [0.717, 1.165) is 28.5 Å². The summed E-state index contributed by atoms with van der Waals surface area (Å²) in [7, 11) is 0. The van der Waals surface area contributed by atoms with E-state index in [4.69, 9.17) is 23.7 Å². The van der Waals surface area contributed by atoms with Gasteiger partial charge in [-0.05, 0) is 22.3 Å². The molecule has 0 amide bonds. The van der Waals surface area contributed by atoms with Crippen LogP contribution in [0, 0.1) is 0 Å². The van der Waals surface area contributed by atoms with Crippen LogP contribution in [0.2, 0.25) is 0 Å². The van der Waals surface area contributed by atoms with Gasteiger partial charge in [-0.2, -0.15) is 0 Å². The first-order valence-electron chi connectivity index (χ1n) is 13.5. The minimum Gasteiger partial charge on any atom is -0.368 e. The molecule has 1 saturated heterocycles. The second-order valence-corrected chi connectivity index (χ2v) is 9.69. The van der Waals surface area contributed by atoms with E-state index in [1.165, 1.54) is 0 Å². The van der Waals surface area contributed by atoms with Crippen molar-refractivity contribution in [3.63, 3.8) is 0 Å². The fourth-order valence-electron chi connectivity index (χ4n) is 4.69. The average molecular weight is 539 g/mol. The van der Waals surface area contributed by atoms with Crippen LogP contribution < -0.4 is 0 Å². The Morgan fingerprint density at radius 1 is 0.475 bits per heavy atom. The van der Waals surface area contributed by atoms with Gasteiger partial charge in [-0.1, -0.05) is 121 Å². The van der Waals surface area contributed by atoms with Gasteiger partial charge >= 0.3 is 0 Å². The predicted octanol–water partition coefficient (Wildman–Crippen LogP) is 5.88. The third-order valence-electron chi connectivity index (χ3n) is 6.78. The maximum absolute atomic E-state index is 12.4. The fourth-order valence-corrected chi connectivity index (χ4v) is 4.69. The first-order valence-corrected chi connectivity index (χ1v) is 13.5. The summed E-state index contributed by atoms with van der Waals surface area (Å²) >= 11 is 0. The highest BCUT2D eigenvalue weighted by Gasteiger charge is 2.49. The molecule has 0 saturated carbocycles. The van der Waals surface area contributed by atoms with Gasteiger partial charge < -0.3 is 28.5 Å². The number of benzene rings is 4. The molecular weight excluding hydrogens is 504 g/mol. The molecule has 6 nitrogen and oxygen atoms in total. The molecule has 5 rings (SSSR count). The van der Waals surface area contributed by atoms with Crippen molar-refractivity contribution in [2.75, 3.05) is 0 Å². The van der Waals surface area contributed by atoms with Crippen LogP contribution in [0.4, 0.5) is 0 Å². The number of hydrogen-bond donors (Lipinski definition) is 0. The number of aldehydes is 1. The topological polar surface area (TPSA) is 63.2 Å². The Labute approximate surface area is 235 Å². The lowest BCUT2D eigenvalue weighted by molar-refractivity contribution is -0.317. The first kappa shape index (κ1) is 27.9. The van der Waals surface area contributed by atoms with Gasteiger partial charge in [0.25, 0.3) is 0 Å². The van der Waals surface area contributed by atoms with Crippen LogP contribution in [0.15, 0.2) is 121 Å². The highest BCUT2D eigenvalue weighted by atomic mass is 16.7. The molecule has 5 atom stereocenters. The van der Waals surface area contributed by atoms with Crippen LogP contribution in [0.1, 0.15) is 22.3 Å². The molecule has 1 heterocycles. The molecule has 0 N–H and O–H groups in total. The van der Waals surface area contributed by atoms with E-state index < -0.39 is 30.7 Å². The maximum atomic E-state index is 12.4. The van der Waals surface area contributed by atoms with Crippen molar-refractivity contribution >= 4 is 6.29 Å². The number of hydrogen-bond acceptors (Lipinski definition) is 6. The quantitative estimate of drug-likeness (QED) is 0.198. The van der Waals surface area contributed by atoms with E-state index in [1.807, 2.05) is 121 Å². The second-order valence-electron chi connectivity index (χ2n) is 9.69. The molecule has 4 aromatic carbocycles. The van der Waals surface area contributed by atoms with E-state index in [0.29, 0.717) is 26.4 Å². The SMILES string of the molecule is O=CC1OC(OCc2ccccc2)C(OCc2ccccc2)C(OCc2ccccc2)C1OCc1ccccc1. The van der Waals surface area contributed by atoms with Crippen molar-refractivity contribution in [3.8, 4) is 0 Å². The normalized spacial score (nSPS) is 22.6. The van der Waals surface area contributed by atoms with Crippen LogP contribution in [0.5, 0.6) is 0 Å². The number of rotatable bonds is 13. The molecule has 0 spiro atoms. The van der Waals surface area contributed by atoms with E-state index in [2.05, 4.69) is 0 Å². The average Bonchev–Trinajstić information content (AvgIpc) is 3.03. The summed E-state index contributed by atoms with van der Waals surface area (Å²) in [6, 6.07) is 39.5. The lowest BCUT2D eigenvalue weighted by Crippen LogP contribution is -2.61. The van der Waals surface area contributed by atoms with Crippen molar-refractivity contribution in [1.82, 2.24) is 0 Å². The van der Waals surface area contributed by atoms with Gasteiger partial charge in [0.1, 0.15) is 24.4 Å². The van der Waals surface area contributed by atoms with E-state index >= 15 is 0 Å². The van der Waals surface area contributed by atoms with E-state index in [9.17, 15) is 4.79 Å². The standard InChI is InChI=1S/C34H34O6/c35-21-30-31(36-22-26-13-5-1-6-14-26)32(37-23-27-15-7-2-8-16-27)33(38-24-28-17-9-3-10-18-28)34(40-30)39-25-29-19-11-4-12-20-29/h1-21,30-34H,22-25H2. The molecule has 0 bridgehead atoms. The summed E-state index contributed by atoms with van der Waals surface area (Å²) in [6.07, 6.45) is -3.00. The number of carbonyl (C=O) groups excluding carboxylic acids is 1. The van der Waals surface area contributed by atoms with Crippen molar-refractivity contribution in [3.05, 3.63) is 144 Å². The van der Waals surface area contributed by atoms with E-state index in [-0.39, 0.29) is 0 Å². The first-order chi connectivity index (χ1) is 19.8. The third kappa shape index (κ3) is 7.72. The Kier molecular flexibility index (Phi) is 10.2. The highest BCUT2D eigenvalue weighted by Crippen LogP contribution is 2.31. The zero-order valence-corrected chi connectivity index (χ0v) is 22.3. The minimum atomic E-state index is -0.901. The van der Waals surface area contributed by atoms with Crippen LogP contribution in [0.25, 0.3) is 0 Å². The molecule has 5 unspecified atom stereocenters. The zero-order chi connectivity index (χ0) is 27.4. The molecule has 1 aliphatic heterocycles. The zero-order valence-electron chi connectivity index (χ0n) is 22.3. The summed E-state index contributed by atoms with van der Waals surface area (Å²) in [6.45, 7) is 1.23. The summed E-state index contributed by atoms with van der Waals surface area (Å²) < 4.78 is 31.8. The minimum absolute atomic E-state index is 0.295. The molecule has 206 valence electrons. The molecular formula is C34H34O6. The van der Waals surface area contributed by atoms with Gasteiger partial charge in [0.05, 0.1) is 26.4 Å². The molecule has 40 heavy (non-hydrogen) atoms. The molecule has 6 heteroatoms. The van der Waals surface area contributed by atoms with Crippen molar-refractivity contribution in [2.45, 2.75) is 57.1 Å². The molecule has 1 aliphatic rings. The maximum Gasteiger partial charge on any atom is 0.187 e. The Morgan fingerprint density at radius 3 is 1.23 bits per heavy atom. The summed E-state index contributed by atoms with van der Waals surface area (Å²) in [5.74, 6) is 0. The summed E-state index contributed by atoms with van der Waals surface area (Å²) in [4.78, 5) is 12.4. The lowest BCUT2D eigenvalue weighted by atomic mass is 9.98. The monoisotopic (exact) mass is 538 g/mol. The molecule has 1 fully saturated rings. The van der Waals surface area contributed by atoms with Crippen molar-refractivity contribution in [1.29, 1.82) is 0 Å². The Balaban J connectivity index is 1.41. The van der Waals surface area contributed by atoms with Crippen LogP contribution in [-0.4, -0.2) is 37.0 Å². The molecule has 4 aromatic rings. The number of ether oxygens (including phenoxy) is 5. The van der Waals surface area contributed by atoms with Gasteiger partial charge in [0.2, 0.25) is 0 Å². The molecule has 0 radical (unpaired) electrons. The van der Waals surface area contributed by atoms with Crippen LogP contribution in [0.3, 0.4) is 0 Å². The Morgan fingerprint density at radius 2 is 0.825 bits per heavy atom.